The molecule has 1 aliphatic heterocycles. The third kappa shape index (κ3) is 3.49. The van der Waals surface area contributed by atoms with Gasteiger partial charge in [-0.1, -0.05) is 23.2 Å². The van der Waals surface area contributed by atoms with Crippen molar-refractivity contribution in [3.8, 4) is 0 Å². The molecule has 8 heteroatoms. The highest BCUT2D eigenvalue weighted by atomic mass is 35.5. The Morgan fingerprint density at radius 2 is 2.22 bits per heavy atom. The van der Waals surface area contributed by atoms with Gasteiger partial charge in [0.05, 0.1) is 16.6 Å². The van der Waals surface area contributed by atoms with Crippen LogP contribution < -0.4 is 10.2 Å². The summed E-state index contributed by atoms with van der Waals surface area (Å²) in [5.74, 6) is -0.806. The van der Waals surface area contributed by atoms with E-state index in [-0.39, 0.29) is 24.8 Å². The third-order valence-electron chi connectivity index (χ3n) is 3.55. The van der Waals surface area contributed by atoms with Crippen LogP contribution in [-0.4, -0.2) is 23.3 Å². The minimum Gasteiger partial charge on any atom is -0.310 e. The Kier molecular flexibility index (Phi) is 4.57. The first-order valence-corrected chi connectivity index (χ1v) is 8.50. The monoisotopic (exact) mass is 369 g/mol. The van der Waals surface area contributed by atoms with Gasteiger partial charge in [0, 0.05) is 29.1 Å². The molecule has 1 saturated heterocycles. The highest BCUT2D eigenvalue weighted by Crippen LogP contribution is 2.33. The maximum Gasteiger partial charge on any atom is 0.231 e. The van der Waals surface area contributed by atoms with Crippen LogP contribution >= 0.6 is 34.5 Å². The summed E-state index contributed by atoms with van der Waals surface area (Å²) in [6.45, 7) is 2.18. The van der Waals surface area contributed by atoms with Gasteiger partial charge in [0.15, 0.2) is 5.13 Å². The smallest absolute Gasteiger partial charge is 0.231 e. The van der Waals surface area contributed by atoms with Crippen LogP contribution in [0.1, 0.15) is 11.3 Å². The molecule has 1 N–H and O–H groups in total. The van der Waals surface area contributed by atoms with Crippen LogP contribution in [0.4, 0.5) is 10.8 Å². The fourth-order valence-corrected chi connectivity index (χ4v) is 3.48. The molecule has 0 unspecified atom stereocenters. The molecule has 1 aliphatic rings. The molecule has 0 spiro atoms. The Morgan fingerprint density at radius 3 is 2.91 bits per heavy atom. The summed E-state index contributed by atoms with van der Waals surface area (Å²) in [5, 5.41) is 4.21. The number of aromatic nitrogens is 1. The second kappa shape index (κ2) is 6.47. The van der Waals surface area contributed by atoms with Crippen molar-refractivity contribution in [1.29, 1.82) is 0 Å². The first kappa shape index (κ1) is 16.2. The molecule has 0 aliphatic carbocycles. The normalized spacial score (nSPS) is 17.6. The van der Waals surface area contributed by atoms with E-state index in [0.29, 0.717) is 20.9 Å². The fraction of sp³-hybridized carbons (Fsp3) is 0.267. The number of carbonyl (C=O) groups is 2. The van der Waals surface area contributed by atoms with E-state index in [9.17, 15) is 9.59 Å². The average molecular weight is 370 g/mol. The minimum atomic E-state index is -0.443. The third-order valence-corrected chi connectivity index (χ3v) is 4.93. The van der Waals surface area contributed by atoms with Crippen LogP contribution in [0.3, 0.4) is 0 Å². The van der Waals surface area contributed by atoms with Gasteiger partial charge in [0.2, 0.25) is 11.8 Å². The van der Waals surface area contributed by atoms with E-state index in [0.717, 1.165) is 4.88 Å². The molecular formula is C15H13Cl2N3O2S. The van der Waals surface area contributed by atoms with Crippen LogP contribution in [0.5, 0.6) is 0 Å². The van der Waals surface area contributed by atoms with E-state index in [1.54, 1.807) is 24.4 Å². The molecule has 2 heterocycles. The zero-order chi connectivity index (χ0) is 16.6. The largest absolute Gasteiger partial charge is 0.310 e. The van der Waals surface area contributed by atoms with Crippen molar-refractivity contribution in [2.45, 2.75) is 13.3 Å². The minimum absolute atomic E-state index is 0.138. The van der Waals surface area contributed by atoms with Gasteiger partial charge in [-0.15, -0.1) is 11.3 Å². The molecule has 0 saturated carbocycles. The summed E-state index contributed by atoms with van der Waals surface area (Å²) in [5.41, 5.74) is 0.532. The highest BCUT2D eigenvalue weighted by Gasteiger charge is 2.36. The van der Waals surface area contributed by atoms with Crippen molar-refractivity contribution in [3.05, 3.63) is 39.3 Å². The summed E-state index contributed by atoms with van der Waals surface area (Å²) in [6.07, 6.45) is 1.83. The zero-order valence-corrected chi connectivity index (χ0v) is 14.5. The van der Waals surface area contributed by atoms with Crippen molar-refractivity contribution in [1.82, 2.24) is 4.98 Å². The van der Waals surface area contributed by atoms with Gasteiger partial charge in [-0.05, 0) is 25.1 Å². The molecule has 120 valence electrons. The van der Waals surface area contributed by atoms with E-state index in [4.69, 9.17) is 23.2 Å². The summed E-state index contributed by atoms with van der Waals surface area (Å²) >= 11 is 13.5. The maximum atomic E-state index is 12.3. The lowest BCUT2D eigenvalue weighted by Crippen LogP contribution is -2.28. The predicted molar refractivity (Wildman–Crippen MR) is 92.4 cm³/mol. The van der Waals surface area contributed by atoms with Crippen LogP contribution in [0.2, 0.25) is 10.0 Å². The Morgan fingerprint density at radius 1 is 1.43 bits per heavy atom. The van der Waals surface area contributed by atoms with Gasteiger partial charge in [0.25, 0.3) is 0 Å². The second-order valence-corrected chi connectivity index (χ2v) is 7.34. The molecule has 23 heavy (non-hydrogen) atoms. The topological polar surface area (TPSA) is 62.3 Å². The number of nitrogens with zero attached hydrogens (tertiary/aromatic N) is 2. The summed E-state index contributed by atoms with van der Waals surface area (Å²) in [4.78, 5) is 31.2. The number of aryl methyl sites for hydroxylation is 1. The van der Waals surface area contributed by atoms with Crippen LogP contribution in [-0.2, 0) is 9.59 Å². The molecule has 5 nitrogen and oxygen atoms in total. The van der Waals surface area contributed by atoms with E-state index in [1.165, 1.54) is 16.2 Å². The van der Waals surface area contributed by atoms with E-state index >= 15 is 0 Å². The Hall–Kier alpha value is -1.63. The molecule has 2 aromatic rings. The van der Waals surface area contributed by atoms with Gasteiger partial charge < -0.3 is 10.2 Å². The number of nitrogens with one attached hydrogen (secondary N) is 1. The lowest BCUT2D eigenvalue weighted by Gasteiger charge is -2.18. The Labute approximate surface area is 147 Å². The number of amides is 2. The van der Waals surface area contributed by atoms with Gasteiger partial charge >= 0.3 is 0 Å². The average Bonchev–Trinajstić information content (AvgIpc) is 3.08. The van der Waals surface area contributed by atoms with Crippen molar-refractivity contribution >= 4 is 57.2 Å². The summed E-state index contributed by atoms with van der Waals surface area (Å²) in [7, 11) is 0. The summed E-state index contributed by atoms with van der Waals surface area (Å²) in [6, 6.07) is 4.92. The van der Waals surface area contributed by atoms with Crippen molar-refractivity contribution in [3.63, 3.8) is 0 Å². The van der Waals surface area contributed by atoms with Crippen molar-refractivity contribution < 1.29 is 9.59 Å². The van der Waals surface area contributed by atoms with Crippen LogP contribution in [0.25, 0.3) is 0 Å². The molecule has 1 aromatic heterocycles. The van der Waals surface area contributed by atoms with Gasteiger partial charge in [-0.2, -0.15) is 0 Å². The number of hydrogen-bond acceptors (Lipinski definition) is 4. The highest BCUT2D eigenvalue weighted by molar-refractivity contribution is 7.15. The zero-order valence-electron chi connectivity index (χ0n) is 12.2. The lowest BCUT2D eigenvalue weighted by atomic mass is 10.1. The van der Waals surface area contributed by atoms with E-state index in [1.807, 2.05) is 6.92 Å². The molecule has 0 radical (unpaired) electrons. The number of hydrogen-bond donors (Lipinski definition) is 1. The number of thiazole rings is 1. The molecular weight excluding hydrogens is 357 g/mol. The van der Waals surface area contributed by atoms with E-state index < -0.39 is 5.92 Å². The predicted octanol–water partition coefficient (Wildman–Crippen LogP) is 3.75. The molecule has 2 amide bonds. The second-order valence-electron chi connectivity index (χ2n) is 5.27. The SMILES string of the molecule is Cc1cnc(NC(=O)[C@@H]2CC(=O)N(c3cc(Cl)ccc3Cl)C2)s1. The van der Waals surface area contributed by atoms with Gasteiger partial charge in [-0.3, -0.25) is 9.59 Å². The van der Waals surface area contributed by atoms with Gasteiger partial charge in [-0.25, -0.2) is 4.98 Å². The lowest BCUT2D eigenvalue weighted by molar-refractivity contribution is -0.122. The summed E-state index contributed by atoms with van der Waals surface area (Å²) < 4.78 is 0. The number of carbonyl (C=O) groups excluding carboxylic acids is 2. The van der Waals surface area contributed by atoms with Crippen LogP contribution in [0, 0.1) is 12.8 Å². The molecule has 3 rings (SSSR count). The quantitative estimate of drug-likeness (QED) is 0.895. The Bertz CT molecular complexity index is 778. The Balaban J connectivity index is 1.74. The fourth-order valence-electron chi connectivity index (χ4n) is 2.43. The number of halogens is 2. The maximum absolute atomic E-state index is 12.3. The molecule has 1 aromatic carbocycles. The van der Waals surface area contributed by atoms with E-state index in [2.05, 4.69) is 10.3 Å². The van der Waals surface area contributed by atoms with Crippen LogP contribution in [0.15, 0.2) is 24.4 Å². The first-order valence-electron chi connectivity index (χ1n) is 6.93. The molecule has 1 fully saturated rings. The standard InChI is InChI=1S/C15H13Cl2N3O2S/c1-8-6-18-15(23-8)19-14(22)9-4-13(21)20(7-9)12-5-10(16)2-3-11(12)17/h2-3,5-6,9H,4,7H2,1H3,(H,18,19,22)/t9-/m1/s1. The number of rotatable bonds is 3. The van der Waals surface area contributed by atoms with Crippen molar-refractivity contribution in [2.24, 2.45) is 5.92 Å². The molecule has 1 atom stereocenters. The molecule has 0 bridgehead atoms. The van der Waals surface area contributed by atoms with Gasteiger partial charge in [0.1, 0.15) is 0 Å². The van der Waals surface area contributed by atoms with Crippen molar-refractivity contribution in [2.75, 3.05) is 16.8 Å². The first-order chi connectivity index (χ1) is 10.9. The number of benzene rings is 1. The number of anilines is 2.